The molecule has 0 aromatic heterocycles. The molecule has 9 aliphatic rings. The third kappa shape index (κ3) is 9.53. The van der Waals surface area contributed by atoms with Gasteiger partial charge in [-0.15, -0.1) is 0 Å². The highest BCUT2D eigenvalue weighted by Gasteiger charge is 2.68. The summed E-state index contributed by atoms with van der Waals surface area (Å²) in [5.74, 6) is 0.114. The van der Waals surface area contributed by atoms with E-state index in [1.54, 1.807) is 0 Å². The number of ether oxygens (including phenoxy) is 8. The van der Waals surface area contributed by atoms with Crippen LogP contribution in [-0.2, 0) is 37.9 Å². The lowest BCUT2D eigenvalue weighted by atomic mass is 9.35. The molecule has 0 spiro atoms. The first-order valence-electron chi connectivity index (χ1n) is 27.6. The summed E-state index contributed by atoms with van der Waals surface area (Å²) in [6.45, 7) is 12.8. The summed E-state index contributed by atoms with van der Waals surface area (Å²) in [7, 11) is 0. The van der Waals surface area contributed by atoms with Gasteiger partial charge in [0, 0.05) is 10.8 Å². The van der Waals surface area contributed by atoms with Gasteiger partial charge in [-0.2, -0.15) is 0 Å². The van der Waals surface area contributed by atoms with Crippen molar-refractivity contribution in [1.82, 2.24) is 0 Å². The molecular formula is C54H88O22. The maximum absolute atomic E-state index is 12.0. The summed E-state index contributed by atoms with van der Waals surface area (Å²) in [5.41, 5.74) is 1.41. The third-order valence-corrected chi connectivity index (χ3v) is 21.0. The fourth-order valence-electron chi connectivity index (χ4n) is 16.0. The number of aliphatic hydroxyl groups is 14. The van der Waals surface area contributed by atoms with Gasteiger partial charge in [-0.3, -0.25) is 0 Å². The van der Waals surface area contributed by atoms with E-state index in [0.29, 0.717) is 6.42 Å². The molecule has 5 aliphatic carbocycles. The molecule has 0 radical (unpaired) electrons. The lowest BCUT2D eigenvalue weighted by Gasteiger charge is -2.70. The Morgan fingerprint density at radius 3 is 1.67 bits per heavy atom. The van der Waals surface area contributed by atoms with Crippen LogP contribution < -0.4 is 0 Å². The van der Waals surface area contributed by atoms with Crippen molar-refractivity contribution < 1.29 is 109 Å². The van der Waals surface area contributed by atoms with E-state index in [2.05, 4.69) is 46.8 Å². The molecule has 436 valence electrons. The molecule has 7 fully saturated rings. The maximum Gasteiger partial charge on any atom is 0.187 e. The van der Waals surface area contributed by atoms with Gasteiger partial charge in [0.1, 0.15) is 91.6 Å². The van der Waals surface area contributed by atoms with E-state index in [1.165, 1.54) is 18.1 Å². The smallest absolute Gasteiger partial charge is 0.187 e. The summed E-state index contributed by atoms with van der Waals surface area (Å²) in [6.07, 6.45) is -21.7. The number of fused-ring (bicyclic) bond motifs is 6. The highest BCUT2D eigenvalue weighted by atomic mass is 16.8. The van der Waals surface area contributed by atoms with E-state index in [-0.39, 0.29) is 52.1 Å². The molecule has 4 heterocycles. The van der Waals surface area contributed by atoms with Crippen molar-refractivity contribution in [1.29, 1.82) is 0 Å². The molecule has 0 aromatic carbocycles. The lowest BCUT2D eigenvalue weighted by molar-refractivity contribution is -0.389. The Balaban J connectivity index is 0.874. The number of rotatable bonds is 13. The minimum atomic E-state index is -2.01. The summed E-state index contributed by atoms with van der Waals surface area (Å²) in [4.78, 5) is 0. The van der Waals surface area contributed by atoms with Crippen LogP contribution in [0.4, 0.5) is 0 Å². The second kappa shape index (κ2) is 21.7. The Labute approximate surface area is 444 Å². The molecule has 14 N–H and O–H groups in total. The first-order valence-corrected chi connectivity index (χ1v) is 27.6. The van der Waals surface area contributed by atoms with Crippen LogP contribution in [0.25, 0.3) is 0 Å². The van der Waals surface area contributed by atoms with Crippen molar-refractivity contribution >= 4 is 0 Å². The van der Waals surface area contributed by atoms with Crippen molar-refractivity contribution in [3.05, 3.63) is 23.3 Å². The second-order valence-corrected chi connectivity index (χ2v) is 25.8. The molecule has 0 bridgehead atoms. The summed E-state index contributed by atoms with van der Waals surface area (Å²) in [5, 5.41) is 152. The molecule has 9 rings (SSSR count). The zero-order valence-corrected chi connectivity index (χ0v) is 44.9. The molecule has 0 aromatic rings. The van der Waals surface area contributed by atoms with Gasteiger partial charge in [0.15, 0.2) is 25.2 Å². The fourth-order valence-corrected chi connectivity index (χ4v) is 16.0. The molecule has 76 heavy (non-hydrogen) atoms. The van der Waals surface area contributed by atoms with Crippen LogP contribution in [-0.4, -0.2) is 233 Å². The van der Waals surface area contributed by atoms with E-state index >= 15 is 0 Å². The lowest BCUT2D eigenvalue weighted by Crippen LogP contribution is -2.68. The minimum absolute atomic E-state index is 0.0410. The highest BCUT2D eigenvalue weighted by Crippen LogP contribution is 2.74. The van der Waals surface area contributed by atoms with Crippen LogP contribution in [0.3, 0.4) is 0 Å². The van der Waals surface area contributed by atoms with Crippen LogP contribution >= 0.6 is 0 Å². The van der Waals surface area contributed by atoms with Gasteiger partial charge in [0.25, 0.3) is 0 Å². The van der Waals surface area contributed by atoms with Gasteiger partial charge in [-0.05, 0) is 104 Å². The summed E-state index contributed by atoms with van der Waals surface area (Å²) in [6, 6.07) is 0. The van der Waals surface area contributed by atoms with Crippen molar-refractivity contribution in [3.63, 3.8) is 0 Å². The van der Waals surface area contributed by atoms with Gasteiger partial charge in [-0.1, -0.05) is 59.3 Å². The fraction of sp³-hybridized carbons (Fsp3) is 0.926. The molecule has 0 amide bonds. The number of hydrogen-bond donors (Lipinski definition) is 14. The average Bonchev–Trinajstić information content (AvgIpc) is 3.56. The zero-order valence-electron chi connectivity index (χ0n) is 44.9. The Bertz CT molecular complexity index is 2090. The van der Waals surface area contributed by atoms with E-state index in [9.17, 15) is 71.5 Å². The van der Waals surface area contributed by atoms with Crippen LogP contribution in [0, 0.1) is 44.3 Å². The van der Waals surface area contributed by atoms with E-state index < -0.39 is 154 Å². The standard InChI is InChI=1S/C54H88O22/c1-24-42(74-46-38(65)35(62)33(60)27(19-55)70-46)36(63)39(66)45(69-24)75-43-29(21-57)72-47(40(67)37(43)64)76-44-34(61)28(20-56)71-48(41(44)68)73-32-11-12-50(4)30(51(32,5)22-58)10-13-53(7)31(50)9-8-25-26-18-49(2,3)14-16-54(26,23-59)17-15-52(25,53)6/h8-9,24,27-48,55-68H,10-23H2,1-7H3/t24?,27?,28?,29?,30?,31?,32-,33?,34?,35?,36?,37?,38?,39?,40?,41?,42?,43?,44?,45?,46?,47?,48?,50-,51-,52+,53+,54+/m0/s1. The van der Waals surface area contributed by atoms with E-state index in [0.717, 1.165) is 51.4 Å². The van der Waals surface area contributed by atoms with Crippen LogP contribution in [0.1, 0.15) is 106 Å². The molecule has 4 saturated heterocycles. The monoisotopic (exact) mass is 1090 g/mol. The SMILES string of the molecule is CC1OC(OC2C(CO)OC(OC3C(O)C(CO)OC(O[C@H]4CC[C@@]5(C)C(CC[C@]6(C)C5C=CC5=C7CC(C)(C)CC[C@]7(CO)CC[C@]56C)[C@]4(C)CO)C3O)C(O)C2O)C(O)C(O)C1OC1OC(CO)C(O)C(O)C1O. The second-order valence-electron chi connectivity index (χ2n) is 25.8. The number of hydrogen-bond acceptors (Lipinski definition) is 22. The third-order valence-electron chi connectivity index (χ3n) is 21.0. The van der Waals surface area contributed by atoms with Gasteiger partial charge in [-0.25, -0.2) is 0 Å². The average molecular weight is 1090 g/mol. The van der Waals surface area contributed by atoms with Crippen LogP contribution in [0.2, 0.25) is 0 Å². The van der Waals surface area contributed by atoms with Crippen molar-refractivity contribution in [2.45, 2.75) is 235 Å². The van der Waals surface area contributed by atoms with Gasteiger partial charge < -0.3 is 109 Å². The van der Waals surface area contributed by atoms with Crippen molar-refractivity contribution in [2.75, 3.05) is 33.0 Å². The predicted octanol–water partition coefficient (Wildman–Crippen LogP) is -1.64. The Morgan fingerprint density at radius 1 is 0.513 bits per heavy atom. The predicted molar refractivity (Wildman–Crippen MR) is 263 cm³/mol. The molecule has 4 aliphatic heterocycles. The van der Waals surface area contributed by atoms with Crippen molar-refractivity contribution in [2.24, 2.45) is 44.3 Å². The summed E-state index contributed by atoms with van der Waals surface area (Å²) < 4.78 is 47.3. The minimum Gasteiger partial charge on any atom is -0.396 e. The number of allylic oxidation sites excluding steroid dienone is 3. The maximum atomic E-state index is 12.0. The largest absolute Gasteiger partial charge is 0.396 e. The van der Waals surface area contributed by atoms with Crippen LogP contribution in [0.15, 0.2) is 23.3 Å². The molecule has 22 heteroatoms. The number of aliphatic hydroxyl groups excluding tert-OH is 14. The highest BCUT2D eigenvalue weighted by molar-refractivity contribution is 5.46. The Kier molecular flexibility index (Phi) is 16.9. The molecule has 22 nitrogen and oxygen atoms in total. The normalized spacial score (nSPS) is 54.3. The van der Waals surface area contributed by atoms with Crippen LogP contribution in [0.5, 0.6) is 0 Å². The summed E-state index contributed by atoms with van der Waals surface area (Å²) >= 11 is 0. The first-order chi connectivity index (χ1) is 35.7. The quantitative estimate of drug-likeness (QED) is 0.0920. The van der Waals surface area contributed by atoms with E-state index in [4.69, 9.17) is 37.9 Å². The van der Waals surface area contributed by atoms with Gasteiger partial charge in [0.2, 0.25) is 0 Å². The molecule has 28 atom stereocenters. The molecule has 3 saturated carbocycles. The first kappa shape index (κ1) is 59.2. The van der Waals surface area contributed by atoms with E-state index in [1.807, 2.05) is 6.92 Å². The van der Waals surface area contributed by atoms with Gasteiger partial charge >= 0.3 is 0 Å². The zero-order chi connectivity index (χ0) is 55.4. The Hall–Kier alpha value is -1.40. The topological polar surface area (TPSA) is 357 Å². The molecular weight excluding hydrogens is 1000 g/mol. The molecule has 22 unspecified atom stereocenters. The van der Waals surface area contributed by atoms with Crippen molar-refractivity contribution in [3.8, 4) is 0 Å². The van der Waals surface area contributed by atoms with Gasteiger partial charge in [0.05, 0.1) is 45.2 Å². The Morgan fingerprint density at radius 2 is 1.05 bits per heavy atom.